The number of rotatable bonds is 5. The molecule has 1 aromatic heterocycles. The summed E-state index contributed by atoms with van der Waals surface area (Å²) in [4.78, 5) is 4.34. The van der Waals surface area contributed by atoms with Crippen LogP contribution in [0.3, 0.4) is 0 Å². The number of nitrogens with two attached hydrogens (primary N) is 1. The molecular formula is C15H21N3O2. The maximum absolute atomic E-state index is 5.83. The van der Waals surface area contributed by atoms with E-state index in [0.29, 0.717) is 24.7 Å². The maximum atomic E-state index is 5.83. The van der Waals surface area contributed by atoms with E-state index < -0.39 is 0 Å². The Kier molecular flexibility index (Phi) is 4.39. The average molecular weight is 275 g/mol. The van der Waals surface area contributed by atoms with Gasteiger partial charge in [0.25, 0.3) is 0 Å². The van der Waals surface area contributed by atoms with Crippen LogP contribution in [0.15, 0.2) is 16.7 Å². The molecule has 0 aliphatic rings. The number of benzene rings is 1. The molecule has 5 nitrogen and oxygen atoms in total. The van der Waals surface area contributed by atoms with Crippen LogP contribution in [0.5, 0.6) is 5.75 Å². The molecule has 0 aliphatic heterocycles. The van der Waals surface area contributed by atoms with Crippen molar-refractivity contribution in [2.45, 2.75) is 40.2 Å². The van der Waals surface area contributed by atoms with Gasteiger partial charge in [-0.3, -0.25) is 0 Å². The van der Waals surface area contributed by atoms with Crippen LogP contribution < -0.4 is 10.5 Å². The first-order valence-corrected chi connectivity index (χ1v) is 6.82. The van der Waals surface area contributed by atoms with Gasteiger partial charge < -0.3 is 15.0 Å². The van der Waals surface area contributed by atoms with Crippen molar-refractivity contribution in [1.29, 1.82) is 0 Å². The lowest BCUT2D eigenvalue weighted by atomic mass is 10.1. The molecule has 0 saturated carbocycles. The van der Waals surface area contributed by atoms with E-state index in [1.807, 2.05) is 39.8 Å². The quantitative estimate of drug-likeness (QED) is 0.908. The van der Waals surface area contributed by atoms with Crippen molar-refractivity contribution in [2.75, 3.05) is 6.54 Å². The van der Waals surface area contributed by atoms with Crippen LogP contribution in [0.25, 0.3) is 11.4 Å². The first-order valence-electron chi connectivity index (χ1n) is 6.82. The van der Waals surface area contributed by atoms with E-state index in [9.17, 15) is 0 Å². The molecule has 2 aromatic rings. The molecule has 0 aliphatic carbocycles. The zero-order chi connectivity index (χ0) is 14.7. The van der Waals surface area contributed by atoms with E-state index in [4.69, 9.17) is 15.0 Å². The number of ether oxygens (including phenoxy) is 1. The van der Waals surface area contributed by atoms with Gasteiger partial charge in [0.15, 0.2) is 0 Å². The van der Waals surface area contributed by atoms with Gasteiger partial charge in [-0.2, -0.15) is 4.98 Å². The lowest BCUT2D eigenvalue weighted by Gasteiger charge is -2.15. The van der Waals surface area contributed by atoms with Crippen molar-refractivity contribution < 1.29 is 9.26 Å². The van der Waals surface area contributed by atoms with Gasteiger partial charge in [0.2, 0.25) is 11.7 Å². The summed E-state index contributed by atoms with van der Waals surface area (Å²) in [6.45, 7) is 8.58. The second-order valence-corrected chi connectivity index (χ2v) is 5.16. The lowest BCUT2D eigenvalue weighted by molar-refractivity contribution is 0.239. The lowest BCUT2D eigenvalue weighted by Crippen LogP contribution is -2.08. The molecule has 2 rings (SSSR count). The molecule has 2 N–H and O–H groups in total. The Hall–Kier alpha value is -1.88. The fourth-order valence-electron chi connectivity index (χ4n) is 2.10. The van der Waals surface area contributed by atoms with Crippen molar-refractivity contribution in [3.8, 4) is 17.1 Å². The van der Waals surface area contributed by atoms with Crippen LogP contribution in [-0.4, -0.2) is 22.8 Å². The molecule has 0 bridgehead atoms. The summed E-state index contributed by atoms with van der Waals surface area (Å²) in [6, 6.07) is 4.03. The Bertz CT molecular complexity index is 568. The molecule has 1 aromatic carbocycles. The summed E-state index contributed by atoms with van der Waals surface area (Å²) >= 11 is 0. The van der Waals surface area contributed by atoms with Crippen LogP contribution >= 0.6 is 0 Å². The Labute approximate surface area is 119 Å². The molecule has 0 radical (unpaired) electrons. The summed E-state index contributed by atoms with van der Waals surface area (Å²) in [7, 11) is 0. The van der Waals surface area contributed by atoms with Crippen molar-refractivity contribution in [1.82, 2.24) is 10.1 Å². The molecule has 0 unspecified atom stereocenters. The molecule has 0 saturated heterocycles. The van der Waals surface area contributed by atoms with Crippen molar-refractivity contribution >= 4 is 0 Å². The summed E-state index contributed by atoms with van der Waals surface area (Å²) < 4.78 is 11.0. The highest BCUT2D eigenvalue weighted by atomic mass is 16.5. The van der Waals surface area contributed by atoms with Gasteiger partial charge in [0.1, 0.15) is 5.75 Å². The molecule has 5 heteroatoms. The number of hydrogen-bond donors (Lipinski definition) is 1. The third-order valence-corrected chi connectivity index (χ3v) is 2.90. The van der Waals surface area contributed by atoms with Gasteiger partial charge in [0, 0.05) is 18.5 Å². The molecule has 0 spiro atoms. The van der Waals surface area contributed by atoms with E-state index >= 15 is 0 Å². The summed E-state index contributed by atoms with van der Waals surface area (Å²) in [5, 5.41) is 4.00. The average Bonchev–Trinajstić information content (AvgIpc) is 2.82. The van der Waals surface area contributed by atoms with Gasteiger partial charge >= 0.3 is 0 Å². The SMILES string of the molecule is Cc1cc(-c2noc(CCN)n2)cc(C)c1OC(C)C. The number of hydrogen-bond acceptors (Lipinski definition) is 5. The largest absolute Gasteiger partial charge is 0.490 e. The van der Waals surface area contributed by atoms with Crippen LogP contribution in [0, 0.1) is 13.8 Å². The standard InChI is InChI=1S/C15H21N3O2/c1-9(2)19-14-10(3)7-12(8-11(14)4)15-17-13(5-6-16)20-18-15/h7-9H,5-6,16H2,1-4H3. The predicted octanol–water partition coefficient (Wildman–Crippen LogP) is 2.64. The molecule has 0 fully saturated rings. The molecule has 1 heterocycles. The van der Waals surface area contributed by atoms with Gasteiger partial charge in [-0.05, 0) is 51.0 Å². The van der Waals surface area contributed by atoms with E-state index in [-0.39, 0.29) is 6.10 Å². The minimum atomic E-state index is 0.152. The van der Waals surface area contributed by atoms with E-state index in [2.05, 4.69) is 10.1 Å². The van der Waals surface area contributed by atoms with Gasteiger partial charge in [-0.15, -0.1) is 0 Å². The van der Waals surface area contributed by atoms with Crippen LogP contribution in [0.2, 0.25) is 0 Å². The normalized spacial score (nSPS) is 11.1. The zero-order valence-corrected chi connectivity index (χ0v) is 12.4. The minimum Gasteiger partial charge on any atom is -0.490 e. The maximum Gasteiger partial charge on any atom is 0.228 e. The molecule has 0 atom stereocenters. The summed E-state index contributed by atoms with van der Waals surface area (Å²) in [6.07, 6.45) is 0.749. The summed E-state index contributed by atoms with van der Waals surface area (Å²) in [5.41, 5.74) is 8.55. The smallest absolute Gasteiger partial charge is 0.228 e. The molecule has 20 heavy (non-hydrogen) atoms. The number of nitrogens with zero attached hydrogens (tertiary/aromatic N) is 2. The van der Waals surface area contributed by atoms with Crippen molar-refractivity contribution in [3.63, 3.8) is 0 Å². The van der Waals surface area contributed by atoms with Gasteiger partial charge in [-0.25, -0.2) is 0 Å². The second-order valence-electron chi connectivity index (χ2n) is 5.16. The van der Waals surface area contributed by atoms with E-state index in [0.717, 1.165) is 22.4 Å². The van der Waals surface area contributed by atoms with E-state index in [1.54, 1.807) is 0 Å². The Morgan fingerprint density at radius 1 is 1.25 bits per heavy atom. The monoisotopic (exact) mass is 275 g/mol. The highest BCUT2D eigenvalue weighted by Gasteiger charge is 2.13. The Balaban J connectivity index is 2.33. The van der Waals surface area contributed by atoms with Gasteiger partial charge in [-0.1, -0.05) is 5.16 Å². The minimum absolute atomic E-state index is 0.152. The number of aromatic nitrogens is 2. The first kappa shape index (κ1) is 14.5. The highest BCUT2D eigenvalue weighted by molar-refractivity contribution is 5.61. The van der Waals surface area contributed by atoms with Crippen molar-refractivity contribution in [2.24, 2.45) is 5.73 Å². The van der Waals surface area contributed by atoms with Gasteiger partial charge in [0.05, 0.1) is 6.10 Å². The second kappa shape index (κ2) is 6.05. The van der Waals surface area contributed by atoms with Crippen molar-refractivity contribution in [3.05, 3.63) is 29.2 Å². The van der Waals surface area contributed by atoms with Crippen LogP contribution in [-0.2, 0) is 6.42 Å². The Morgan fingerprint density at radius 2 is 1.90 bits per heavy atom. The Morgan fingerprint density at radius 3 is 2.45 bits per heavy atom. The first-order chi connectivity index (χ1) is 9.51. The molecule has 108 valence electrons. The fourth-order valence-corrected chi connectivity index (χ4v) is 2.10. The van der Waals surface area contributed by atoms with Crippen LogP contribution in [0.4, 0.5) is 0 Å². The van der Waals surface area contributed by atoms with Crippen LogP contribution in [0.1, 0.15) is 30.9 Å². The zero-order valence-electron chi connectivity index (χ0n) is 12.4. The number of aryl methyl sites for hydroxylation is 2. The topological polar surface area (TPSA) is 74.2 Å². The third kappa shape index (κ3) is 3.17. The predicted molar refractivity (Wildman–Crippen MR) is 77.7 cm³/mol. The summed E-state index contributed by atoms with van der Waals surface area (Å²) in [5.74, 6) is 2.09. The highest BCUT2D eigenvalue weighted by Crippen LogP contribution is 2.29. The third-order valence-electron chi connectivity index (χ3n) is 2.90. The van der Waals surface area contributed by atoms with E-state index in [1.165, 1.54) is 0 Å². The molecular weight excluding hydrogens is 254 g/mol. The molecule has 0 amide bonds. The fraction of sp³-hybridized carbons (Fsp3) is 0.467.